The van der Waals surface area contributed by atoms with Gasteiger partial charge in [-0.05, 0) is 6.07 Å². The van der Waals surface area contributed by atoms with Crippen LogP contribution in [0.3, 0.4) is 0 Å². The van der Waals surface area contributed by atoms with Crippen LogP contribution >= 0.6 is 0 Å². The van der Waals surface area contributed by atoms with Crippen molar-refractivity contribution in [1.29, 1.82) is 0 Å². The summed E-state index contributed by atoms with van der Waals surface area (Å²) in [5, 5.41) is 19.1. The normalized spacial score (nSPS) is 10.6. The zero-order valence-corrected chi connectivity index (χ0v) is 7.73. The number of aromatic nitrogens is 1. The number of rotatable bonds is 2. The highest BCUT2D eigenvalue weighted by atomic mass is 19.1. The van der Waals surface area contributed by atoms with Crippen molar-refractivity contribution < 1.29 is 19.2 Å². The predicted molar refractivity (Wildman–Crippen MR) is 51.9 cm³/mol. The molecule has 1 aromatic carbocycles. The second-order valence-electron chi connectivity index (χ2n) is 3.11. The summed E-state index contributed by atoms with van der Waals surface area (Å²) in [7, 11) is 0. The third-order valence-corrected chi connectivity index (χ3v) is 2.14. The Morgan fingerprint density at radius 3 is 2.75 bits per heavy atom. The van der Waals surface area contributed by atoms with Gasteiger partial charge in [-0.1, -0.05) is 0 Å². The molecule has 7 heteroatoms. The molecule has 0 saturated carbocycles. The van der Waals surface area contributed by atoms with Gasteiger partial charge in [0, 0.05) is 17.5 Å². The SMILES string of the molecule is O=C(O)c1[nH]c2cc([N+](=O)[O-])ccc2c1F. The van der Waals surface area contributed by atoms with Crippen LogP contribution in [0.1, 0.15) is 10.5 Å². The van der Waals surface area contributed by atoms with E-state index in [0.29, 0.717) is 0 Å². The van der Waals surface area contributed by atoms with Crippen LogP contribution in [0.25, 0.3) is 10.9 Å². The largest absolute Gasteiger partial charge is 0.476 e. The minimum absolute atomic E-state index is 0.0167. The molecule has 0 radical (unpaired) electrons. The third-order valence-electron chi connectivity index (χ3n) is 2.14. The standard InChI is InChI=1S/C9H5FN2O4/c10-7-5-2-1-4(12(15)16)3-6(5)11-8(7)9(13)14/h1-3,11H,(H,13,14). The van der Waals surface area contributed by atoms with E-state index in [4.69, 9.17) is 5.11 Å². The number of H-pyrrole nitrogens is 1. The van der Waals surface area contributed by atoms with Crippen molar-refractivity contribution in [2.45, 2.75) is 0 Å². The second-order valence-corrected chi connectivity index (χ2v) is 3.11. The molecule has 0 bridgehead atoms. The Morgan fingerprint density at radius 1 is 1.50 bits per heavy atom. The van der Waals surface area contributed by atoms with E-state index in [1.165, 1.54) is 6.07 Å². The zero-order chi connectivity index (χ0) is 11.9. The number of nitro groups is 1. The Kier molecular flexibility index (Phi) is 2.08. The van der Waals surface area contributed by atoms with Crippen molar-refractivity contribution in [2.75, 3.05) is 0 Å². The lowest BCUT2D eigenvalue weighted by Crippen LogP contribution is -1.98. The summed E-state index contributed by atoms with van der Waals surface area (Å²) in [6, 6.07) is 3.38. The maximum Gasteiger partial charge on any atom is 0.355 e. The number of benzene rings is 1. The van der Waals surface area contributed by atoms with Gasteiger partial charge < -0.3 is 10.1 Å². The summed E-state index contributed by atoms with van der Waals surface area (Å²) in [4.78, 5) is 22.7. The van der Waals surface area contributed by atoms with Crippen molar-refractivity contribution in [2.24, 2.45) is 0 Å². The number of fused-ring (bicyclic) bond motifs is 1. The Labute approximate surface area is 87.5 Å². The monoisotopic (exact) mass is 224 g/mol. The van der Waals surface area contributed by atoms with E-state index in [1.807, 2.05) is 0 Å². The maximum atomic E-state index is 13.4. The first-order valence-electron chi connectivity index (χ1n) is 4.19. The van der Waals surface area contributed by atoms with Crippen molar-refractivity contribution in [3.63, 3.8) is 0 Å². The number of aromatic amines is 1. The summed E-state index contributed by atoms with van der Waals surface area (Å²) >= 11 is 0. The fourth-order valence-corrected chi connectivity index (χ4v) is 1.41. The van der Waals surface area contributed by atoms with Gasteiger partial charge in [-0.2, -0.15) is 0 Å². The summed E-state index contributed by atoms with van der Waals surface area (Å²) in [5.41, 5.74) is -0.745. The van der Waals surface area contributed by atoms with Gasteiger partial charge >= 0.3 is 5.97 Å². The van der Waals surface area contributed by atoms with Gasteiger partial charge in [-0.3, -0.25) is 10.1 Å². The lowest BCUT2D eigenvalue weighted by atomic mass is 10.2. The van der Waals surface area contributed by atoms with Crippen molar-refractivity contribution in [3.8, 4) is 0 Å². The highest BCUT2D eigenvalue weighted by Crippen LogP contribution is 2.24. The topological polar surface area (TPSA) is 96.2 Å². The van der Waals surface area contributed by atoms with Crippen LogP contribution in [0.4, 0.5) is 10.1 Å². The van der Waals surface area contributed by atoms with Crippen molar-refractivity contribution >= 4 is 22.6 Å². The average molecular weight is 224 g/mol. The van der Waals surface area contributed by atoms with Crippen molar-refractivity contribution in [3.05, 3.63) is 39.8 Å². The maximum absolute atomic E-state index is 13.4. The van der Waals surface area contributed by atoms with E-state index in [0.717, 1.165) is 12.1 Å². The molecule has 1 aromatic heterocycles. The lowest BCUT2D eigenvalue weighted by molar-refractivity contribution is -0.384. The molecule has 0 atom stereocenters. The second kappa shape index (κ2) is 3.30. The Balaban J connectivity index is 2.72. The molecule has 0 fully saturated rings. The summed E-state index contributed by atoms with van der Waals surface area (Å²) in [5.74, 6) is -2.37. The Bertz CT molecular complexity index is 605. The number of nitro benzene ring substituents is 1. The Hall–Kier alpha value is -2.44. The highest BCUT2D eigenvalue weighted by Gasteiger charge is 2.18. The van der Waals surface area contributed by atoms with Crippen molar-refractivity contribution in [1.82, 2.24) is 4.98 Å². The minimum atomic E-state index is -1.45. The molecule has 2 rings (SSSR count). The zero-order valence-electron chi connectivity index (χ0n) is 7.73. The van der Waals surface area contributed by atoms with E-state index in [2.05, 4.69) is 4.98 Å². The molecule has 0 unspecified atom stereocenters. The first-order valence-corrected chi connectivity index (χ1v) is 4.19. The fraction of sp³-hybridized carbons (Fsp3) is 0. The molecule has 2 N–H and O–H groups in total. The molecule has 6 nitrogen and oxygen atoms in total. The molecular weight excluding hydrogens is 219 g/mol. The number of carbonyl (C=O) groups is 1. The molecule has 0 saturated heterocycles. The number of non-ortho nitro benzene ring substituents is 1. The number of carboxylic acids is 1. The number of hydrogen-bond acceptors (Lipinski definition) is 3. The highest BCUT2D eigenvalue weighted by molar-refractivity contribution is 5.95. The number of nitrogens with zero attached hydrogens (tertiary/aromatic N) is 1. The molecule has 82 valence electrons. The molecule has 0 aliphatic heterocycles. The first kappa shape index (κ1) is 10.1. The summed E-state index contributed by atoms with van der Waals surface area (Å²) in [6.45, 7) is 0. The van der Waals surface area contributed by atoms with E-state index >= 15 is 0 Å². The predicted octanol–water partition coefficient (Wildman–Crippen LogP) is 1.91. The van der Waals surface area contributed by atoms with Gasteiger partial charge in [0.25, 0.3) is 5.69 Å². The van der Waals surface area contributed by atoms with Crippen LogP contribution < -0.4 is 0 Å². The molecule has 16 heavy (non-hydrogen) atoms. The molecule has 0 amide bonds. The summed E-state index contributed by atoms with van der Waals surface area (Å²) < 4.78 is 13.4. The number of nitrogens with one attached hydrogen (secondary N) is 1. The molecule has 0 aliphatic rings. The average Bonchev–Trinajstić information content (AvgIpc) is 2.55. The smallest absolute Gasteiger partial charge is 0.355 e. The van der Waals surface area contributed by atoms with Gasteiger partial charge in [0.15, 0.2) is 11.5 Å². The summed E-state index contributed by atoms with van der Waals surface area (Å²) in [6.07, 6.45) is 0. The number of carboxylic acid groups (broad SMARTS) is 1. The number of hydrogen-bond donors (Lipinski definition) is 2. The van der Waals surface area contributed by atoms with Crippen LogP contribution in [0.2, 0.25) is 0 Å². The Morgan fingerprint density at radius 2 is 2.19 bits per heavy atom. The number of aromatic carboxylic acids is 1. The van der Waals surface area contributed by atoms with E-state index in [9.17, 15) is 19.3 Å². The van der Waals surface area contributed by atoms with Gasteiger partial charge in [-0.25, -0.2) is 9.18 Å². The van der Waals surface area contributed by atoms with Gasteiger partial charge in [0.1, 0.15) is 0 Å². The minimum Gasteiger partial charge on any atom is -0.476 e. The van der Waals surface area contributed by atoms with E-state index in [-0.39, 0.29) is 16.6 Å². The van der Waals surface area contributed by atoms with Crippen LogP contribution in [0.15, 0.2) is 18.2 Å². The first-order chi connectivity index (χ1) is 7.50. The molecule has 2 aromatic rings. The van der Waals surface area contributed by atoms with E-state index in [1.54, 1.807) is 0 Å². The lowest BCUT2D eigenvalue weighted by Gasteiger charge is -1.90. The van der Waals surface area contributed by atoms with E-state index < -0.39 is 22.4 Å². The number of halogens is 1. The third kappa shape index (κ3) is 1.38. The molecule has 0 spiro atoms. The van der Waals surface area contributed by atoms with Crippen LogP contribution in [0.5, 0.6) is 0 Å². The molecule has 1 heterocycles. The van der Waals surface area contributed by atoms with Gasteiger partial charge in [0.05, 0.1) is 10.4 Å². The van der Waals surface area contributed by atoms with Crippen LogP contribution in [-0.2, 0) is 0 Å². The molecule has 0 aliphatic carbocycles. The fourth-order valence-electron chi connectivity index (χ4n) is 1.41. The van der Waals surface area contributed by atoms with Crippen LogP contribution in [-0.4, -0.2) is 21.0 Å². The van der Waals surface area contributed by atoms with Crippen LogP contribution in [0, 0.1) is 15.9 Å². The quantitative estimate of drug-likeness (QED) is 0.601. The van der Waals surface area contributed by atoms with Gasteiger partial charge in [-0.15, -0.1) is 0 Å². The van der Waals surface area contributed by atoms with Gasteiger partial charge in [0.2, 0.25) is 0 Å². The molecular formula is C9H5FN2O4.